The van der Waals surface area contributed by atoms with E-state index in [9.17, 15) is 9.90 Å². The Morgan fingerprint density at radius 1 is 1.25 bits per heavy atom. The molecule has 1 aromatic carbocycles. The van der Waals surface area contributed by atoms with E-state index < -0.39 is 17.8 Å². The number of carbonyl (C=O) groups is 1. The molecule has 0 spiro atoms. The molecule has 1 amide bonds. The molecule has 0 aromatic heterocycles. The highest BCUT2D eigenvalue weighted by Gasteiger charge is 2.38. The maximum atomic E-state index is 11.9. The SMILES string of the molecule is CC(C)(C)OC(=O)N[C@H]1C[C@H](O)[C@@H](N2CCc3ccccc3C2)C1. The van der Waals surface area contributed by atoms with Gasteiger partial charge in [0, 0.05) is 25.2 Å². The van der Waals surface area contributed by atoms with Gasteiger partial charge in [-0.3, -0.25) is 4.90 Å². The zero-order valence-corrected chi connectivity index (χ0v) is 14.8. The molecule has 1 heterocycles. The van der Waals surface area contributed by atoms with Crippen molar-refractivity contribution in [2.45, 2.75) is 70.4 Å². The van der Waals surface area contributed by atoms with Crippen molar-refractivity contribution in [3.8, 4) is 0 Å². The average Bonchev–Trinajstić information content (AvgIpc) is 2.85. The second-order valence-electron chi connectivity index (χ2n) is 7.94. The molecular formula is C19H28N2O3. The van der Waals surface area contributed by atoms with Gasteiger partial charge in [-0.1, -0.05) is 24.3 Å². The second-order valence-corrected chi connectivity index (χ2v) is 7.94. The van der Waals surface area contributed by atoms with Crippen LogP contribution in [-0.4, -0.2) is 46.4 Å². The predicted octanol–water partition coefficient (Wildman–Crippen LogP) is 2.46. The van der Waals surface area contributed by atoms with Crippen molar-refractivity contribution in [2.24, 2.45) is 0 Å². The second kappa shape index (κ2) is 6.73. The number of fused-ring (bicyclic) bond motifs is 1. The zero-order valence-electron chi connectivity index (χ0n) is 14.8. The normalized spacial score (nSPS) is 27.6. The number of aliphatic hydroxyl groups excluding tert-OH is 1. The van der Waals surface area contributed by atoms with Crippen molar-refractivity contribution in [2.75, 3.05) is 6.54 Å². The molecule has 0 bridgehead atoms. The summed E-state index contributed by atoms with van der Waals surface area (Å²) in [4.78, 5) is 14.3. The molecule has 132 valence electrons. The number of amides is 1. The highest BCUT2D eigenvalue weighted by atomic mass is 16.6. The topological polar surface area (TPSA) is 61.8 Å². The van der Waals surface area contributed by atoms with Crippen LogP contribution in [0, 0.1) is 0 Å². The maximum absolute atomic E-state index is 11.9. The number of hydrogen-bond acceptors (Lipinski definition) is 4. The summed E-state index contributed by atoms with van der Waals surface area (Å²) in [6.07, 6.45) is 1.56. The highest BCUT2D eigenvalue weighted by Crippen LogP contribution is 2.29. The van der Waals surface area contributed by atoms with E-state index >= 15 is 0 Å². The first-order valence-corrected chi connectivity index (χ1v) is 8.80. The molecule has 0 unspecified atom stereocenters. The van der Waals surface area contributed by atoms with Crippen LogP contribution in [0.3, 0.4) is 0 Å². The molecular weight excluding hydrogens is 304 g/mol. The summed E-state index contributed by atoms with van der Waals surface area (Å²) in [5, 5.41) is 13.4. The molecule has 2 aliphatic rings. The molecule has 1 saturated carbocycles. The van der Waals surface area contributed by atoms with Crippen molar-refractivity contribution in [1.82, 2.24) is 10.2 Å². The van der Waals surface area contributed by atoms with E-state index in [-0.39, 0.29) is 12.1 Å². The van der Waals surface area contributed by atoms with Gasteiger partial charge in [-0.25, -0.2) is 4.79 Å². The van der Waals surface area contributed by atoms with Crippen LogP contribution >= 0.6 is 0 Å². The Morgan fingerprint density at radius 3 is 2.67 bits per heavy atom. The first kappa shape index (κ1) is 17.2. The minimum atomic E-state index is -0.503. The Kier molecular flexibility index (Phi) is 4.83. The molecule has 0 radical (unpaired) electrons. The summed E-state index contributed by atoms with van der Waals surface area (Å²) >= 11 is 0. The third-order valence-corrected chi connectivity index (χ3v) is 4.85. The van der Waals surface area contributed by atoms with Crippen molar-refractivity contribution in [1.29, 1.82) is 0 Å². The molecule has 1 fully saturated rings. The summed E-state index contributed by atoms with van der Waals surface area (Å²) in [6.45, 7) is 7.38. The van der Waals surface area contributed by atoms with Crippen LogP contribution < -0.4 is 5.32 Å². The molecule has 1 aromatic rings. The Bertz CT molecular complexity index is 597. The summed E-state index contributed by atoms with van der Waals surface area (Å²) < 4.78 is 5.32. The van der Waals surface area contributed by atoms with Crippen LogP contribution in [0.25, 0.3) is 0 Å². The van der Waals surface area contributed by atoms with Gasteiger partial charge in [-0.2, -0.15) is 0 Å². The number of hydrogen-bond donors (Lipinski definition) is 2. The Labute approximate surface area is 144 Å². The number of ether oxygens (including phenoxy) is 1. The summed E-state index contributed by atoms with van der Waals surface area (Å²) in [5.74, 6) is 0. The van der Waals surface area contributed by atoms with Crippen molar-refractivity contribution >= 4 is 6.09 Å². The number of benzene rings is 1. The smallest absolute Gasteiger partial charge is 0.407 e. The number of aliphatic hydroxyl groups is 1. The lowest BCUT2D eigenvalue weighted by molar-refractivity contribution is 0.0502. The van der Waals surface area contributed by atoms with Gasteiger partial charge in [0.15, 0.2) is 0 Å². The van der Waals surface area contributed by atoms with E-state index in [2.05, 4.69) is 34.5 Å². The van der Waals surface area contributed by atoms with Crippen LogP contribution in [0.5, 0.6) is 0 Å². The fourth-order valence-corrected chi connectivity index (χ4v) is 3.78. The Morgan fingerprint density at radius 2 is 1.96 bits per heavy atom. The molecule has 0 saturated heterocycles. The van der Waals surface area contributed by atoms with E-state index in [1.807, 2.05) is 20.8 Å². The lowest BCUT2D eigenvalue weighted by atomic mass is 9.98. The molecule has 5 nitrogen and oxygen atoms in total. The maximum Gasteiger partial charge on any atom is 0.407 e. The molecule has 1 aliphatic carbocycles. The number of rotatable bonds is 2. The molecule has 24 heavy (non-hydrogen) atoms. The lowest BCUT2D eigenvalue weighted by Gasteiger charge is -2.35. The lowest BCUT2D eigenvalue weighted by Crippen LogP contribution is -2.43. The largest absolute Gasteiger partial charge is 0.444 e. The zero-order chi connectivity index (χ0) is 17.3. The van der Waals surface area contributed by atoms with Crippen LogP contribution in [0.4, 0.5) is 4.79 Å². The van der Waals surface area contributed by atoms with E-state index in [4.69, 9.17) is 4.74 Å². The molecule has 1 aliphatic heterocycles. The van der Waals surface area contributed by atoms with Crippen molar-refractivity contribution in [3.05, 3.63) is 35.4 Å². The third-order valence-electron chi connectivity index (χ3n) is 4.85. The first-order valence-electron chi connectivity index (χ1n) is 8.80. The number of carbonyl (C=O) groups excluding carboxylic acids is 1. The van der Waals surface area contributed by atoms with E-state index in [0.29, 0.717) is 6.42 Å². The minimum absolute atomic E-state index is 0.0305. The Balaban J connectivity index is 1.58. The molecule has 3 atom stereocenters. The third kappa shape index (κ3) is 4.08. The van der Waals surface area contributed by atoms with Gasteiger partial charge in [0.05, 0.1) is 6.10 Å². The van der Waals surface area contributed by atoms with Gasteiger partial charge in [-0.15, -0.1) is 0 Å². The van der Waals surface area contributed by atoms with Crippen molar-refractivity contribution in [3.63, 3.8) is 0 Å². The molecule has 3 rings (SSSR count). The molecule has 2 N–H and O–H groups in total. The fourth-order valence-electron chi connectivity index (χ4n) is 3.78. The number of nitrogens with zero attached hydrogens (tertiary/aromatic N) is 1. The number of alkyl carbamates (subject to hydrolysis) is 1. The van der Waals surface area contributed by atoms with Gasteiger partial charge in [-0.05, 0) is 51.2 Å². The monoisotopic (exact) mass is 332 g/mol. The van der Waals surface area contributed by atoms with Crippen LogP contribution in [-0.2, 0) is 17.7 Å². The minimum Gasteiger partial charge on any atom is -0.444 e. The quantitative estimate of drug-likeness (QED) is 0.873. The van der Waals surface area contributed by atoms with Crippen LogP contribution in [0.15, 0.2) is 24.3 Å². The van der Waals surface area contributed by atoms with Crippen molar-refractivity contribution < 1.29 is 14.6 Å². The first-order chi connectivity index (χ1) is 11.3. The summed E-state index contributed by atoms with van der Waals surface area (Å²) in [5.41, 5.74) is 2.25. The standard InChI is InChI=1S/C19H28N2O3/c1-19(2,3)24-18(23)20-15-10-16(17(22)11-15)21-9-8-13-6-4-5-7-14(13)12-21/h4-7,15-17,22H,8-12H2,1-3H3,(H,20,23)/t15-,16+,17+/m1/s1. The van der Waals surface area contributed by atoms with Gasteiger partial charge in [0.2, 0.25) is 0 Å². The van der Waals surface area contributed by atoms with Crippen LogP contribution in [0.2, 0.25) is 0 Å². The van der Waals surface area contributed by atoms with Gasteiger partial charge < -0.3 is 15.2 Å². The average molecular weight is 332 g/mol. The van der Waals surface area contributed by atoms with Crippen LogP contribution in [0.1, 0.15) is 44.7 Å². The predicted molar refractivity (Wildman–Crippen MR) is 92.7 cm³/mol. The van der Waals surface area contributed by atoms with E-state index in [1.54, 1.807) is 0 Å². The van der Waals surface area contributed by atoms with Gasteiger partial charge >= 0.3 is 6.09 Å². The molecule has 5 heteroatoms. The Hall–Kier alpha value is -1.59. The van der Waals surface area contributed by atoms with Gasteiger partial charge in [0.1, 0.15) is 5.60 Å². The highest BCUT2D eigenvalue weighted by molar-refractivity contribution is 5.68. The summed E-state index contributed by atoms with van der Waals surface area (Å²) in [6, 6.07) is 8.57. The van der Waals surface area contributed by atoms with E-state index in [0.717, 1.165) is 25.9 Å². The fraction of sp³-hybridized carbons (Fsp3) is 0.632. The van der Waals surface area contributed by atoms with E-state index in [1.165, 1.54) is 11.1 Å². The summed E-state index contributed by atoms with van der Waals surface area (Å²) in [7, 11) is 0. The van der Waals surface area contributed by atoms with Gasteiger partial charge in [0.25, 0.3) is 0 Å². The number of nitrogens with one attached hydrogen (secondary N) is 1.